The van der Waals surface area contributed by atoms with Crippen molar-refractivity contribution >= 4 is 11.6 Å². The van der Waals surface area contributed by atoms with E-state index in [1.54, 1.807) is 0 Å². The van der Waals surface area contributed by atoms with Gasteiger partial charge in [0.1, 0.15) is 0 Å². The molecule has 0 aliphatic carbocycles. The molecule has 1 aliphatic rings. The first-order valence-corrected chi connectivity index (χ1v) is 8.02. The molecular formula is C16H24ClNO3. The third kappa shape index (κ3) is 4.77. The number of aliphatic hydroxyl groups is 1. The minimum atomic E-state index is 0.246. The van der Waals surface area contributed by atoms with Crippen LogP contribution < -0.4 is 14.8 Å². The van der Waals surface area contributed by atoms with Crippen LogP contribution in [0.4, 0.5) is 0 Å². The van der Waals surface area contributed by atoms with Crippen molar-refractivity contribution in [1.82, 2.24) is 5.32 Å². The van der Waals surface area contributed by atoms with Crippen LogP contribution in [0.2, 0.25) is 5.02 Å². The zero-order valence-electron chi connectivity index (χ0n) is 12.5. The highest BCUT2D eigenvalue weighted by molar-refractivity contribution is 6.32. The lowest BCUT2D eigenvalue weighted by atomic mass is 10.0. The first-order chi connectivity index (χ1) is 10.2. The van der Waals surface area contributed by atoms with E-state index >= 15 is 0 Å². The van der Waals surface area contributed by atoms with Crippen molar-refractivity contribution in [2.45, 2.75) is 32.7 Å². The second kappa shape index (κ2) is 8.47. The maximum absolute atomic E-state index is 9.00. The number of halogens is 1. The molecule has 118 valence electrons. The predicted octanol–water partition coefficient (Wildman–Crippen LogP) is 3.00. The van der Waals surface area contributed by atoms with Crippen LogP contribution in [0.5, 0.6) is 11.5 Å². The number of benzene rings is 1. The van der Waals surface area contributed by atoms with E-state index in [1.165, 1.54) is 0 Å². The predicted molar refractivity (Wildman–Crippen MR) is 84.2 cm³/mol. The lowest BCUT2D eigenvalue weighted by molar-refractivity contribution is 0.251. The molecule has 1 aromatic carbocycles. The van der Waals surface area contributed by atoms with E-state index in [4.69, 9.17) is 26.2 Å². The van der Waals surface area contributed by atoms with Gasteiger partial charge in [-0.15, -0.1) is 0 Å². The highest BCUT2D eigenvalue weighted by Gasteiger charge is 2.15. The molecule has 0 radical (unpaired) electrons. The summed E-state index contributed by atoms with van der Waals surface area (Å²) in [7, 11) is 0. The van der Waals surface area contributed by atoms with Gasteiger partial charge in [0.05, 0.1) is 18.2 Å². The van der Waals surface area contributed by atoms with Crippen LogP contribution in [0, 0.1) is 5.92 Å². The Bertz CT molecular complexity index is 453. The average molecular weight is 314 g/mol. The van der Waals surface area contributed by atoms with E-state index in [0.29, 0.717) is 29.9 Å². The maximum atomic E-state index is 9.00. The first-order valence-electron chi connectivity index (χ1n) is 7.64. The number of nitrogens with one attached hydrogen (secondary N) is 1. The van der Waals surface area contributed by atoms with Gasteiger partial charge in [0.25, 0.3) is 0 Å². The van der Waals surface area contributed by atoms with E-state index in [1.807, 2.05) is 12.1 Å². The Morgan fingerprint density at radius 1 is 1.33 bits per heavy atom. The summed E-state index contributed by atoms with van der Waals surface area (Å²) in [6.07, 6.45) is 2.78. The molecule has 1 aliphatic heterocycles. The Labute approximate surface area is 131 Å². The van der Waals surface area contributed by atoms with Gasteiger partial charge in [0, 0.05) is 19.6 Å². The molecule has 21 heavy (non-hydrogen) atoms. The van der Waals surface area contributed by atoms with E-state index in [-0.39, 0.29) is 6.61 Å². The van der Waals surface area contributed by atoms with Crippen LogP contribution in [-0.4, -0.2) is 31.5 Å². The Morgan fingerprint density at radius 2 is 2.14 bits per heavy atom. The van der Waals surface area contributed by atoms with Gasteiger partial charge in [-0.25, -0.2) is 0 Å². The van der Waals surface area contributed by atoms with Crippen molar-refractivity contribution in [2.24, 2.45) is 5.92 Å². The minimum absolute atomic E-state index is 0.246. The summed E-state index contributed by atoms with van der Waals surface area (Å²) in [5.41, 5.74) is 1.09. The van der Waals surface area contributed by atoms with E-state index in [2.05, 4.69) is 12.2 Å². The number of aliphatic hydroxyl groups excluding tert-OH is 1. The van der Waals surface area contributed by atoms with Crippen molar-refractivity contribution < 1.29 is 14.6 Å². The quantitative estimate of drug-likeness (QED) is 0.812. The molecule has 0 amide bonds. The van der Waals surface area contributed by atoms with Gasteiger partial charge >= 0.3 is 0 Å². The molecule has 0 saturated carbocycles. The molecule has 1 atom stereocenters. The average Bonchev–Trinajstić information content (AvgIpc) is 2.72. The van der Waals surface area contributed by atoms with Gasteiger partial charge < -0.3 is 19.9 Å². The highest BCUT2D eigenvalue weighted by atomic mass is 35.5. The van der Waals surface area contributed by atoms with E-state index < -0.39 is 0 Å². The topological polar surface area (TPSA) is 50.7 Å². The van der Waals surface area contributed by atoms with E-state index in [0.717, 1.165) is 43.7 Å². The second-order valence-electron chi connectivity index (χ2n) is 5.37. The summed E-state index contributed by atoms with van der Waals surface area (Å²) < 4.78 is 11.3. The lowest BCUT2D eigenvalue weighted by Gasteiger charge is -2.15. The smallest absolute Gasteiger partial charge is 0.179 e. The third-order valence-corrected chi connectivity index (χ3v) is 4.02. The summed E-state index contributed by atoms with van der Waals surface area (Å²) in [5.74, 6) is 1.90. The van der Waals surface area contributed by atoms with Crippen molar-refractivity contribution in [3.05, 3.63) is 22.7 Å². The molecule has 0 spiro atoms. The molecule has 0 aromatic heterocycles. The lowest BCUT2D eigenvalue weighted by Crippen LogP contribution is -2.23. The Hall–Kier alpha value is -0.970. The maximum Gasteiger partial charge on any atom is 0.179 e. The fourth-order valence-corrected chi connectivity index (χ4v) is 2.73. The summed E-state index contributed by atoms with van der Waals surface area (Å²) in [5, 5.41) is 13.0. The number of hydrogen-bond donors (Lipinski definition) is 2. The zero-order chi connectivity index (χ0) is 15.1. The Kier molecular flexibility index (Phi) is 6.61. The van der Waals surface area contributed by atoms with Crippen LogP contribution in [0.25, 0.3) is 0 Å². The standard InChI is InChI=1S/C16H24ClNO3/c1-2-12(4-5-19)10-18-11-13-8-14(17)16-15(9-13)20-6-3-7-21-16/h8-9,12,18-19H,2-7,10-11H2,1H3. The summed E-state index contributed by atoms with van der Waals surface area (Å²) in [4.78, 5) is 0. The molecule has 1 aromatic rings. The fourth-order valence-electron chi connectivity index (χ4n) is 2.44. The summed E-state index contributed by atoms with van der Waals surface area (Å²) >= 11 is 6.27. The van der Waals surface area contributed by atoms with Gasteiger partial charge in [-0.1, -0.05) is 24.9 Å². The van der Waals surface area contributed by atoms with E-state index in [9.17, 15) is 0 Å². The van der Waals surface area contributed by atoms with Gasteiger partial charge in [-0.3, -0.25) is 0 Å². The Balaban J connectivity index is 1.95. The second-order valence-corrected chi connectivity index (χ2v) is 5.78. The number of rotatable bonds is 7. The van der Waals surface area contributed by atoms with Crippen LogP contribution in [-0.2, 0) is 6.54 Å². The minimum Gasteiger partial charge on any atom is -0.489 e. The van der Waals surface area contributed by atoms with Gasteiger partial charge in [-0.05, 0) is 36.6 Å². The molecule has 4 nitrogen and oxygen atoms in total. The number of fused-ring (bicyclic) bond motifs is 1. The normalized spacial score (nSPS) is 15.6. The SMILES string of the molecule is CCC(CCO)CNCc1cc(Cl)c2c(c1)OCCCO2. The molecule has 1 heterocycles. The molecule has 1 unspecified atom stereocenters. The molecule has 0 saturated heterocycles. The molecule has 2 N–H and O–H groups in total. The Morgan fingerprint density at radius 3 is 2.90 bits per heavy atom. The van der Waals surface area contributed by atoms with Crippen LogP contribution >= 0.6 is 11.6 Å². The summed E-state index contributed by atoms with van der Waals surface area (Å²) in [6, 6.07) is 3.92. The monoisotopic (exact) mass is 313 g/mol. The van der Waals surface area contributed by atoms with Crippen molar-refractivity contribution in [2.75, 3.05) is 26.4 Å². The zero-order valence-corrected chi connectivity index (χ0v) is 13.3. The number of hydrogen-bond acceptors (Lipinski definition) is 4. The van der Waals surface area contributed by atoms with Crippen LogP contribution in [0.15, 0.2) is 12.1 Å². The molecule has 5 heteroatoms. The first kappa shape index (κ1) is 16.4. The van der Waals surface area contributed by atoms with Gasteiger partial charge in [0.2, 0.25) is 0 Å². The van der Waals surface area contributed by atoms with Crippen molar-refractivity contribution in [3.8, 4) is 11.5 Å². The van der Waals surface area contributed by atoms with Crippen LogP contribution in [0.3, 0.4) is 0 Å². The summed E-state index contributed by atoms with van der Waals surface area (Å²) in [6.45, 7) is 5.32. The van der Waals surface area contributed by atoms with Crippen molar-refractivity contribution in [3.63, 3.8) is 0 Å². The highest BCUT2D eigenvalue weighted by Crippen LogP contribution is 2.37. The van der Waals surface area contributed by atoms with Crippen LogP contribution in [0.1, 0.15) is 31.7 Å². The molecule has 0 fully saturated rings. The molecule has 2 rings (SSSR count). The molecular weight excluding hydrogens is 290 g/mol. The van der Waals surface area contributed by atoms with Gasteiger partial charge in [-0.2, -0.15) is 0 Å². The largest absolute Gasteiger partial charge is 0.489 e. The third-order valence-electron chi connectivity index (χ3n) is 3.74. The van der Waals surface area contributed by atoms with Gasteiger partial charge in [0.15, 0.2) is 11.5 Å². The molecule has 0 bridgehead atoms. The fraction of sp³-hybridized carbons (Fsp3) is 0.625. The number of ether oxygens (including phenoxy) is 2. The van der Waals surface area contributed by atoms with Crippen molar-refractivity contribution in [1.29, 1.82) is 0 Å².